The van der Waals surface area contributed by atoms with Crippen molar-refractivity contribution in [2.45, 2.75) is 32.6 Å². The molecule has 1 saturated carbocycles. The predicted octanol–water partition coefficient (Wildman–Crippen LogP) is 2.40. The molecule has 100 valence electrons. The van der Waals surface area contributed by atoms with Gasteiger partial charge in [0.15, 0.2) is 0 Å². The number of hydrogen-bond acceptors (Lipinski definition) is 4. The molecule has 0 atom stereocenters. The van der Waals surface area contributed by atoms with E-state index in [9.17, 15) is 4.79 Å². The number of primary amides is 1. The van der Waals surface area contributed by atoms with Crippen molar-refractivity contribution in [2.75, 3.05) is 24.2 Å². The van der Waals surface area contributed by atoms with Gasteiger partial charge < -0.3 is 16.4 Å². The molecule has 0 aliphatic heterocycles. The van der Waals surface area contributed by atoms with Crippen LogP contribution in [-0.4, -0.2) is 19.5 Å². The molecule has 0 unspecified atom stereocenters. The average molecular weight is 267 g/mol. The number of rotatable bonds is 5. The van der Waals surface area contributed by atoms with E-state index >= 15 is 0 Å². The lowest BCUT2D eigenvalue weighted by Gasteiger charge is -2.21. The Kier molecular flexibility index (Phi) is 3.52. The highest BCUT2D eigenvalue weighted by Gasteiger charge is 2.33. The lowest BCUT2D eigenvalue weighted by Crippen LogP contribution is -2.22. The van der Waals surface area contributed by atoms with E-state index in [4.69, 9.17) is 11.5 Å². The normalized spacial score (nSPS) is 15.1. The van der Waals surface area contributed by atoms with Crippen LogP contribution in [0.1, 0.15) is 47.8 Å². The first-order valence-corrected chi connectivity index (χ1v) is 7.16. The number of carbonyl (C=O) groups is 1. The van der Waals surface area contributed by atoms with E-state index in [2.05, 4.69) is 25.8 Å². The van der Waals surface area contributed by atoms with Crippen LogP contribution >= 0.6 is 11.3 Å². The summed E-state index contributed by atoms with van der Waals surface area (Å²) in [7, 11) is 2.06. The summed E-state index contributed by atoms with van der Waals surface area (Å²) in [6.45, 7) is 5.32. The molecule has 4 N–H and O–H groups in total. The lowest BCUT2D eigenvalue weighted by atomic mass is 10.1. The molecule has 1 fully saturated rings. The Balaban J connectivity index is 2.38. The second-order valence-electron chi connectivity index (χ2n) is 5.48. The van der Waals surface area contributed by atoms with Gasteiger partial charge in [-0.15, -0.1) is 11.3 Å². The second kappa shape index (κ2) is 4.80. The molecular formula is C13H21N3OS. The van der Waals surface area contributed by atoms with Crippen molar-refractivity contribution in [3.63, 3.8) is 0 Å². The van der Waals surface area contributed by atoms with Crippen molar-refractivity contribution in [1.82, 2.24) is 0 Å². The van der Waals surface area contributed by atoms with Crippen molar-refractivity contribution >= 4 is 27.9 Å². The first-order valence-electron chi connectivity index (χ1n) is 6.34. The van der Waals surface area contributed by atoms with Gasteiger partial charge in [-0.25, -0.2) is 0 Å². The Morgan fingerprint density at radius 1 is 1.50 bits per heavy atom. The Bertz CT molecular complexity index is 463. The van der Waals surface area contributed by atoms with Crippen LogP contribution in [0.3, 0.4) is 0 Å². The smallest absolute Gasteiger partial charge is 0.260 e. The molecule has 1 amide bonds. The van der Waals surface area contributed by atoms with Gasteiger partial charge in [-0.3, -0.25) is 4.79 Å². The van der Waals surface area contributed by atoms with Crippen molar-refractivity contribution in [1.29, 1.82) is 0 Å². The molecule has 0 spiro atoms. The third kappa shape index (κ3) is 2.46. The van der Waals surface area contributed by atoms with Crippen LogP contribution in [0, 0.1) is 5.92 Å². The topological polar surface area (TPSA) is 72.3 Å². The molecule has 1 aromatic rings. The molecule has 1 aliphatic carbocycles. The van der Waals surface area contributed by atoms with Gasteiger partial charge >= 0.3 is 0 Å². The van der Waals surface area contributed by atoms with E-state index in [1.165, 1.54) is 24.2 Å². The van der Waals surface area contributed by atoms with E-state index in [1.54, 1.807) is 0 Å². The fraction of sp³-hybridized carbons (Fsp3) is 0.615. The van der Waals surface area contributed by atoms with Crippen molar-refractivity contribution in [3.8, 4) is 0 Å². The van der Waals surface area contributed by atoms with E-state index in [-0.39, 0.29) is 0 Å². The van der Waals surface area contributed by atoms with Crippen LogP contribution in [0.15, 0.2) is 0 Å². The Labute approximate surface area is 112 Å². The quantitative estimate of drug-likeness (QED) is 0.860. The van der Waals surface area contributed by atoms with Crippen LogP contribution < -0.4 is 16.4 Å². The number of hydrogen-bond donors (Lipinski definition) is 2. The summed E-state index contributed by atoms with van der Waals surface area (Å²) in [6.07, 6.45) is 2.34. The average Bonchev–Trinajstić information content (AvgIpc) is 3.01. The van der Waals surface area contributed by atoms with E-state index in [1.807, 2.05) is 0 Å². The minimum atomic E-state index is -0.413. The zero-order valence-electron chi connectivity index (χ0n) is 11.2. The zero-order valence-corrected chi connectivity index (χ0v) is 12.0. The molecule has 0 aromatic carbocycles. The van der Waals surface area contributed by atoms with Gasteiger partial charge in [0.05, 0.1) is 10.7 Å². The van der Waals surface area contributed by atoms with Gasteiger partial charge in [0.1, 0.15) is 4.88 Å². The number of anilines is 2. The summed E-state index contributed by atoms with van der Waals surface area (Å²) >= 11 is 1.44. The van der Waals surface area contributed by atoms with Crippen LogP contribution in [0.2, 0.25) is 0 Å². The summed E-state index contributed by atoms with van der Waals surface area (Å²) in [4.78, 5) is 14.1. The molecule has 5 heteroatoms. The highest BCUT2D eigenvalue weighted by atomic mass is 32.1. The summed E-state index contributed by atoms with van der Waals surface area (Å²) in [6, 6.07) is 0. The first kappa shape index (κ1) is 13.2. The van der Waals surface area contributed by atoms with Gasteiger partial charge in [0.25, 0.3) is 5.91 Å². The Morgan fingerprint density at radius 2 is 2.11 bits per heavy atom. The standard InChI is InChI=1S/C13H21N3OS/c1-7(2)6-16(3)13-9(8-4-5-8)10(14)11(18-13)12(15)17/h7-8H,4-6,14H2,1-3H3,(H2,15,17). The maximum absolute atomic E-state index is 11.4. The number of carbonyl (C=O) groups excluding carboxylic acids is 1. The lowest BCUT2D eigenvalue weighted by molar-refractivity contribution is 0.100. The number of nitrogen functional groups attached to an aromatic ring is 1. The second-order valence-corrected chi connectivity index (χ2v) is 6.48. The van der Waals surface area contributed by atoms with Crippen molar-refractivity contribution in [3.05, 3.63) is 10.4 Å². The molecular weight excluding hydrogens is 246 g/mol. The minimum Gasteiger partial charge on any atom is -0.397 e. The van der Waals surface area contributed by atoms with E-state index in [0.717, 1.165) is 17.1 Å². The summed E-state index contributed by atoms with van der Waals surface area (Å²) < 4.78 is 0. The highest BCUT2D eigenvalue weighted by molar-refractivity contribution is 7.18. The minimum absolute atomic E-state index is 0.413. The van der Waals surface area contributed by atoms with Gasteiger partial charge in [-0.05, 0) is 24.7 Å². The summed E-state index contributed by atoms with van der Waals surface area (Å²) in [5, 5.41) is 1.12. The molecule has 2 rings (SSSR count). The third-order valence-corrected chi connectivity index (χ3v) is 4.51. The molecule has 4 nitrogen and oxygen atoms in total. The third-order valence-electron chi connectivity index (χ3n) is 3.16. The molecule has 0 radical (unpaired) electrons. The fourth-order valence-corrected chi connectivity index (χ4v) is 3.44. The summed E-state index contributed by atoms with van der Waals surface area (Å²) in [5.74, 6) is 0.685. The fourth-order valence-electron chi connectivity index (χ4n) is 2.31. The molecule has 0 saturated heterocycles. The van der Waals surface area contributed by atoms with Crippen LogP contribution in [0.25, 0.3) is 0 Å². The zero-order chi connectivity index (χ0) is 13.4. The maximum atomic E-state index is 11.4. The van der Waals surface area contributed by atoms with E-state index < -0.39 is 5.91 Å². The Hall–Kier alpha value is -1.23. The van der Waals surface area contributed by atoms with Gasteiger partial charge in [-0.1, -0.05) is 13.8 Å². The van der Waals surface area contributed by atoms with Crippen LogP contribution in [-0.2, 0) is 0 Å². The molecule has 18 heavy (non-hydrogen) atoms. The maximum Gasteiger partial charge on any atom is 0.260 e. The number of thiophene rings is 1. The number of amides is 1. The van der Waals surface area contributed by atoms with Gasteiger partial charge in [0.2, 0.25) is 0 Å². The van der Waals surface area contributed by atoms with Crippen LogP contribution in [0.4, 0.5) is 10.7 Å². The molecule has 1 heterocycles. The number of nitrogens with zero attached hydrogens (tertiary/aromatic N) is 1. The molecule has 0 bridgehead atoms. The molecule has 1 aromatic heterocycles. The first-order chi connectivity index (χ1) is 8.41. The highest BCUT2D eigenvalue weighted by Crippen LogP contribution is 2.51. The molecule has 1 aliphatic rings. The van der Waals surface area contributed by atoms with Crippen LogP contribution in [0.5, 0.6) is 0 Å². The van der Waals surface area contributed by atoms with Gasteiger partial charge in [0, 0.05) is 19.2 Å². The predicted molar refractivity (Wildman–Crippen MR) is 77.3 cm³/mol. The van der Waals surface area contributed by atoms with E-state index in [0.29, 0.717) is 22.4 Å². The number of nitrogens with two attached hydrogens (primary N) is 2. The largest absolute Gasteiger partial charge is 0.397 e. The van der Waals surface area contributed by atoms with Gasteiger partial charge in [-0.2, -0.15) is 0 Å². The van der Waals surface area contributed by atoms with Crippen molar-refractivity contribution in [2.24, 2.45) is 11.7 Å². The SMILES string of the molecule is CC(C)CN(C)c1sc(C(N)=O)c(N)c1C1CC1. The summed E-state index contributed by atoms with van der Waals surface area (Å²) in [5.41, 5.74) is 13.3. The monoisotopic (exact) mass is 267 g/mol. The van der Waals surface area contributed by atoms with Crippen molar-refractivity contribution < 1.29 is 4.79 Å². The Morgan fingerprint density at radius 3 is 2.56 bits per heavy atom.